The number of ether oxygens (including phenoxy) is 1. The number of carboxylic acid groups (broad SMARTS) is 1. The van der Waals surface area contributed by atoms with Gasteiger partial charge in [-0.2, -0.15) is 0 Å². The first kappa shape index (κ1) is 22.7. The number of hydrogen-bond donors (Lipinski definition) is 3. The summed E-state index contributed by atoms with van der Waals surface area (Å²) in [6.45, 7) is 7.92. The molecule has 2 atom stereocenters. The molecule has 9 heteroatoms. The minimum atomic E-state index is -1.09. The van der Waals surface area contributed by atoms with Crippen LogP contribution in [0.1, 0.15) is 53.4 Å². The molecule has 0 aromatic heterocycles. The molecule has 2 unspecified atom stereocenters. The van der Waals surface area contributed by atoms with Gasteiger partial charge in [0.05, 0.1) is 6.61 Å². The average molecular weight is 385 g/mol. The molecule has 0 aromatic carbocycles. The van der Waals surface area contributed by atoms with Crippen molar-refractivity contribution in [3.8, 4) is 0 Å². The lowest BCUT2D eigenvalue weighted by Gasteiger charge is -2.25. The van der Waals surface area contributed by atoms with Crippen LogP contribution in [0.3, 0.4) is 0 Å². The smallest absolute Gasteiger partial charge is 0.407 e. The number of carboxylic acids is 1. The van der Waals surface area contributed by atoms with Gasteiger partial charge >= 0.3 is 12.1 Å². The van der Waals surface area contributed by atoms with E-state index in [1.807, 2.05) is 27.7 Å². The van der Waals surface area contributed by atoms with Crippen LogP contribution in [0.25, 0.3) is 0 Å². The minimum absolute atomic E-state index is 0.182. The first-order valence-electron chi connectivity index (χ1n) is 9.28. The highest BCUT2D eigenvalue weighted by Gasteiger charge is 2.35. The van der Waals surface area contributed by atoms with E-state index in [1.54, 1.807) is 0 Å². The van der Waals surface area contributed by atoms with Crippen LogP contribution in [0, 0.1) is 5.41 Å². The molecule has 1 heterocycles. The molecule has 3 amide bonds. The predicted octanol–water partition coefficient (Wildman–Crippen LogP) is 1.12. The summed E-state index contributed by atoms with van der Waals surface area (Å²) in [5, 5.41) is 14.1. The molecule has 9 nitrogen and oxygen atoms in total. The van der Waals surface area contributed by atoms with E-state index in [4.69, 9.17) is 9.84 Å². The zero-order valence-electron chi connectivity index (χ0n) is 16.5. The normalized spacial score (nSPS) is 17.9. The zero-order chi connectivity index (χ0) is 20.6. The van der Waals surface area contributed by atoms with Gasteiger partial charge in [0.2, 0.25) is 11.8 Å². The van der Waals surface area contributed by atoms with Crippen LogP contribution in [-0.2, 0) is 19.1 Å². The van der Waals surface area contributed by atoms with Crippen LogP contribution in [0.5, 0.6) is 0 Å². The van der Waals surface area contributed by atoms with Gasteiger partial charge in [-0.15, -0.1) is 0 Å². The Morgan fingerprint density at radius 3 is 2.48 bits per heavy atom. The summed E-state index contributed by atoms with van der Waals surface area (Å²) in [7, 11) is 0. The molecule has 0 saturated carbocycles. The summed E-state index contributed by atoms with van der Waals surface area (Å²) in [6.07, 6.45) is 1.36. The molecule has 0 spiro atoms. The van der Waals surface area contributed by atoms with E-state index in [0.717, 1.165) is 0 Å². The Labute approximate surface area is 159 Å². The number of nitrogens with zero attached hydrogens (tertiary/aromatic N) is 1. The first-order chi connectivity index (χ1) is 12.5. The van der Waals surface area contributed by atoms with E-state index >= 15 is 0 Å². The molecule has 1 saturated heterocycles. The molecule has 1 rings (SSSR count). The van der Waals surface area contributed by atoms with Crippen LogP contribution in [-0.4, -0.2) is 65.7 Å². The third-order valence-electron chi connectivity index (χ3n) is 4.09. The van der Waals surface area contributed by atoms with Crippen LogP contribution in [0.4, 0.5) is 4.79 Å². The number of carbonyl (C=O) groups excluding carboxylic acids is 3. The number of amides is 3. The largest absolute Gasteiger partial charge is 0.480 e. The molecule has 3 N–H and O–H groups in total. The van der Waals surface area contributed by atoms with Crippen molar-refractivity contribution < 1.29 is 29.0 Å². The maximum atomic E-state index is 12.4. The van der Waals surface area contributed by atoms with Gasteiger partial charge in [-0.05, 0) is 24.7 Å². The molecule has 27 heavy (non-hydrogen) atoms. The summed E-state index contributed by atoms with van der Waals surface area (Å²) in [5.74, 6) is -1.97. The second kappa shape index (κ2) is 10.1. The van der Waals surface area contributed by atoms with Gasteiger partial charge in [0.1, 0.15) is 18.6 Å². The van der Waals surface area contributed by atoms with Gasteiger partial charge < -0.3 is 25.4 Å². The Morgan fingerprint density at radius 1 is 1.26 bits per heavy atom. The van der Waals surface area contributed by atoms with Crippen LogP contribution in [0.15, 0.2) is 0 Å². The maximum absolute atomic E-state index is 12.4. The Balaban J connectivity index is 2.55. The monoisotopic (exact) mass is 385 g/mol. The third-order valence-corrected chi connectivity index (χ3v) is 4.09. The fourth-order valence-corrected chi connectivity index (χ4v) is 2.73. The van der Waals surface area contributed by atoms with Gasteiger partial charge in [0.15, 0.2) is 0 Å². The molecule has 0 radical (unpaired) electrons. The standard InChI is InChI=1S/C18H31N3O6/c1-5-7-12(16(24)25)20-15(23)13-8-6-9-21(13)14(22)10-19-17(26)27-11-18(2,3)4/h12-13H,5-11H2,1-4H3,(H,19,26)(H,20,23)(H,24,25). The topological polar surface area (TPSA) is 125 Å². The van der Waals surface area contributed by atoms with Crippen LogP contribution < -0.4 is 10.6 Å². The second-order valence-electron chi connectivity index (χ2n) is 7.92. The first-order valence-corrected chi connectivity index (χ1v) is 9.28. The lowest BCUT2D eigenvalue weighted by atomic mass is 9.99. The van der Waals surface area contributed by atoms with Crippen molar-refractivity contribution in [2.24, 2.45) is 5.41 Å². The molecular weight excluding hydrogens is 354 g/mol. The summed E-state index contributed by atoms with van der Waals surface area (Å²) in [4.78, 5) is 49.0. The van der Waals surface area contributed by atoms with E-state index in [0.29, 0.717) is 32.2 Å². The highest BCUT2D eigenvalue weighted by molar-refractivity contribution is 5.92. The van der Waals surface area contributed by atoms with Crippen molar-refractivity contribution in [2.75, 3.05) is 19.7 Å². The number of alkyl carbamates (subject to hydrolysis) is 1. The predicted molar refractivity (Wildman–Crippen MR) is 98.0 cm³/mol. The van der Waals surface area contributed by atoms with Crippen molar-refractivity contribution >= 4 is 23.9 Å². The van der Waals surface area contributed by atoms with E-state index < -0.39 is 36.0 Å². The number of rotatable bonds is 8. The Kier molecular flexibility index (Phi) is 8.52. The highest BCUT2D eigenvalue weighted by Crippen LogP contribution is 2.18. The Bertz CT molecular complexity index is 558. The SMILES string of the molecule is CCCC(NC(=O)C1CCCN1C(=O)CNC(=O)OCC(C)(C)C)C(=O)O. The third kappa shape index (κ3) is 7.84. The summed E-state index contributed by atoms with van der Waals surface area (Å²) in [6, 6.07) is -1.69. The molecule has 1 fully saturated rings. The lowest BCUT2D eigenvalue weighted by molar-refractivity contribution is -0.143. The highest BCUT2D eigenvalue weighted by atomic mass is 16.5. The number of hydrogen-bond acceptors (Lipinski definition) is 5. The molecule has 1 aliphatic rings. The van der Waals surface area contributed by atoms with Crippen molar-refractivity contribution in [3.63, 3.8) is 0 Å². The van der Waals surface area contributed by atoms with E-state index in [1.165, 1.54) is 4.90 Å². The van der Waals surface area contributed by atoms with Gasteiger partial charge in [-0.1, -0.05) is 34.1 Å². The molecular formula is C18H31N3O6. The molecule has 1 aliphatic heterocycles. The minimum Gasteiger partial charge on any atom is -0.480 e. The number of aliphatic carboxylic acids is 1. The number of likely N-dealkylation sites (tertiary alicyclic amines) is 1. The molecule has 154 valence electrons. The lowest BCUT2D eigenvalue weighted by Crippen LogP contribution is -2.52. The molecule has 0 aromatic rings. The van der Waals surface area contributed by atoms with Gasteiger partial charge in [0, 0.05) is 6.54 Å². The van der Waals surface area contributed by atoms with Gasteiger partial charge in [-0.25, -0.2) is 9.59 Å². The Morgan fingerprint density at radius 2 is 1.93 bits per heavy atom. The van der Waals surface area contributed by atoms with Gasteiger partial charge in [0.25, 0.3) is 0 Å². The second-order valence-corrected chi connectivity index (χ2v) is 7.92. The maximum Gasteiger partial charge on any atom is 0.407 e. The van der Waals surface area contributed by atoms with Crippen LogP contribution >= 0.6 is 0 Å². The van der Waals surface area contributed by atoms with E-state index in [9.17, 15) is 19.2 Å². The van der Waals surface area contributed by atoms with Crippen molar-refractivity contribution in [1.29, 1.82) is 0 Å². The van der Waals surface area contributed by atoms with E-state index in [2.05, 4.69) is 10.6 Å². The van der Waals surface area contributed by atoms with E-state index in [-0.39, 0.29) is 18.6 Å². The van der Waals surface area contributed by atoms with Crippen molar-refractivity contribution in [2.45, 2.75) is 65.5 Å². The molecule has 0 bridgehead atoms. The summed E-state index contributed by atoms with van der Waals surface area (Å²) >= 11 is 0. The average Bonchev–Trinajstić information content (AvgIpc) is 3.06. The fraction of sp³-hybridized carbons (Fsp3) is 0.778. The zero-order valence-corrected chi connectivity index (χ0v) is 16.5. The summed E-state index contributed by atoms with van der Waals surface area (Å²) in [5.41, 5.74) is -0.182. The quantitative estimate of drug-likeness (QED) is 0.575. The van der Waals surface area contributed by atoms with Crippen molar-refractivity contribution in [3.05, 3.63) is 0 Å². The van der Waals surface area contributed by atoms with Crippen molar-refractivity contribution in [1.82, 2.24) is 15.5 Å². The number of nitrogens with one attached hydrogen (secondary N) is 2. The molecule has 0 aliphatic carbocycles. The Hall–Kier alpha value is -2.32. The number of carbonyl (C=O) groups is 4. The fourth-order valence-electron chi connectivity index (χ4n) is 2.73. The van der Waals surface area contributed by atoms with Crippen LogP contribution in [0.2, 0.25) is 0 Å². The summed E-state index contributed by atoms with van der Waals surface area (Å²) < 4.78 is 5.03. The van der Waals surface area contributed by atoms with Gasteiger partial charge in [-0.3, -0.25) is 9.59 Å².